The molecule has 2 rings (SSSR count). The lowest BCUT2D eigenvalue weighted by Gasteiger charge is -2.15. The summed E-state index contributed by atoms with van der Waals surface area (Å²) in [5.74, 6) is -0.744. The second-order valence-electron chi connectivity index (χ2n) is 4.79. The minimum absolute atomic E-state index is 0.0809. The van der Waals surface area contributed by atoms with Gasteiger partial charge >= 0.3 is 5.97 Å². The van der Waals surface area contributed by atoms with Crippen molar-refractivity contribution in [2.75, 3.05) is 0 Å². The van der Waals surface area contributed by atoms with Crippen molar-refractivity contribution in [1.29, 1.82) is 0 Å². The Morgan fingerprint density at radius 2 is 2.17 bits per heavy atom. The topological polar surface area (TPSA) is 79.5 Å². The molecule has 3 atom stereocenters. The van der Waals surface area contributed by atoms with Crippen LogP contribution in [0.25, 0.3) is 0 Å². The van der Waals surface area contributed by atoms with E-state index in [0.717, 1.165) is 0 Å². The summed E-state index contributed by atoms with van der Waals surface area (Å²) in [5.41, 5.74) is 0. The first kappa shape index (κ1) is 12.7. The van der Waals surface area contributed by atoms with Crippen molar-refractivity contribution in [1.82, 2.24) is 5.32 Å². The molecule has 1 aliphatic rings. The maximum atomic E-state index is 12.0. The van der Waals surface area contributed by atoms with Gasteiger partial charge in [-0.15, -0.1) is 0 Å². The first-order valence-corrected chi connectivity index (χ1v) is 6.14. The smallest absolute Gasteiger partial charge is 0.306 e. The predicted octanol–water partition coefficient (Wildman–Crippen LogP) is 1.96. The Bertz CT molecular complexity index is 426. The molecular formula is C13H17NO4. The van der Waals surface area contributed by atoms with Crippen molar-refractivity contribution in [3.63, 3.8) is 0 Å². The van der Waals surface area contributed by atoms with Gasteiger partial charge in [0.2, 0.25) is 5.91 Å². The summed E-state index contributed by atoms with van der Waals surface area (Å²) in [7, 11) is 0. The molecule has 0 bridgehead atoms. The number of carboxylic acid groups (broad SMARTS) is 1. The number of hydrogen-bond donors (Lipinski definition) is 2. The molecule has 5 nitrogen and oxygen atoms in total. The number of hydrogen-bond acceptors (Lipinski definition) is 3. The summed E-state index contributed by atoms with van der Waals surface area (Å²) in [6.45, 7) is 1.85. The van der Waals surface area contributed by atoms with Gasteiger partial charge in [-0.3, -0.25) is 9.59 Å². The number of carbonyl (C=O) groups excluding carboxylic acids is 1. The van der Waals surface area contributed by atoms with E-state index < -0.39 is 5.97 Å². The molecule has 0 spiro atoms. The molecular weight excluding hydrogens is 234 g/mol. The van der Waals surface area contributed by atoms with Gasteiger partial charge in [0.1, 0.15) is 5.76 Å². The van der Waals surface area contributed by atoms with E-state index in [9.17, 15) is 9.59 Å². The van der Waals surface area contributed by atoms with Crippen molar-refractivity contribution in [3.8, 4) is 0 Å². The highest BCUT2D eigenvalue weighted by Gasteiger charge is 2.34. The molecule has 0 aliphatic heterocycles. The fraction of sp³-hybridized carbons (Fsp3) is 0.538. The van der Waals surface area contributed by atoms with Gasteiger partial charge in [0.05, 0.1) is 18.2 Å². The molecule has 1 saturated carbocycles. The van der Waals surface area contributed by atoms with Crippen LogP contribution < -0.4 is 5.32 Å². The van der Waals surface area contributed by atoms with E-state index in [2.05, 4.69) is 5.32 Å². The average Bonchev–Trinajstić information content (AvgIpc) is 3.00. The molecule has 98 valence electrons. The molecule has 5 heteroatoms. The van der Waals surface area contributed by atoms with Crippen LogP contribution in [0.15, 0.2) is 22.8 Å². The van der Waals surface area contributed by atoms with Gasteiger partial charge < -0.3 is 14.8 Å². The average molecular weight is 251 g/mol. The Morgan fingerprint density at radius 3 is 2.72 bits per heavy atom. The van der Waals surface area contributed by atoms with Crippen molar-refractivity contribution >= 4 is 11.9 Å². The van der Waals surface area contributed by atoms with E-state index in [-0.39, 0.29) is 23.8 Å². The van der Waals surface area contributed by atoms with Crippen molar-refractivity contribution in [2.45, 2.75) is 32.2 Å². The van der Waals surface area contributed by atoms with Gasteiger partial charge in [0.15, 0.2) is 0 Å². The molecule has 18 heavy (non-hydrogen) atoms. The van der Waals surface area contributed by atoms with Crippen LogP contribution >= 0.6 is 0 Å². The lowest BCUT2D eigenvalue weighted by atomic mass is 10.0. The third-order valence-corrected chi connectivity index (χ3v) is 3.48. The predicted molar refractivity (Wildman–Crippen MR) is 63.7 cm³/mol. The number of nitrogens with one attached hydrogen (secondary N) is 1. The van der Waals surface area contributed by atoms with Crippen LogP contribution in [0.4, 0.5) is 0 Å². The summed E-state index contributed by atoms with van der Waals surface area (Å²) in [6.07, 6.45) is 3.23. The largest absolute Gasteiger partial charge is 0.481 e. The second-order valence-corrected chi connectivity index (χ2v) is 4.79. The molecule has 0 saturated heterocycles. The normalized spacial score (nSPS) is 24.7. The molecule has 1 fully saturated rings. The summed E-state index contributed by atoms with van der Waals surface area (Å²) in [5, 5.41) is 11.8. The van der Waals surface area contributed by atoms with Gasteiger partial charge in [-0.1, -0.05) is 0 Å². The number of carbonyl (C=O) groups is 2. The summed E-state index contributed by atoms with van der Waals surface area (Å²) < 4.78 is 5.21. The highest BCUT2D eigenvalue weighted by Crippen LogP contribution is 2.31. The molecule has 1 aliphatic carbocycles. The lowest BCUT2D eigenvalue weighted by molar-refractivity contribution is -0.141. The van der Waals surface area contributed by atoms with Crippen LogP contribution in [0.3, 0.4) is 0 Å². The maximum absolute atomic E-state index is 12.0. The third-order valence-electron chi connectivity index (χ3n) is 3.48. The Kier molecular flexibility index (Phi) is 3.69. The standard InChI is InChI=1S/C13H17NO4/c1-8(11-3-2-6-18-11)14-12(15)9-4-5-10(7-9)13(16)17/h2-3,6,8-10H,4-5,7H2,1H3,(H,14,15)(H,16,17)/t8?,9-,10+/m1/s1. The molecule has 1 heterocycles. The molecule has 0 radical (unpaired) electrons. The van der Waals surface area contributed by atoms with Gasteiger partial charge in [0, 0.05) is 5.92 Å². The first-order valence-electron chi connectivity index (χ1n) is 6.14. The highest BCUT2D eigenvalue weighted by molar-refractivity contribution is 5.81. The van der Waals surface area contributed by atoms with Crippen molar-refractivity contribution in [3.05, 3.63) is 24.2 Å². The van der Waals surface area contributed by atoms with E-state index >= 15 is 0 Å². The van der Waals surface area contributed by atoms with Crippen LogP contribution in [0.1, 0.15) is 38.0 Å². The minimum atomic E-state index is -0.801. The van der Waals surface area contributed by atoms with Crippen LogP contribution in [-0.2, 0) is 9.59 Å². The van der Waals surface area contributed by atoms with E-state index in [1.54, 1.807) is 18.4 Å². The molecule has 1 aromatic heterocycles. The zero-order chi connectivity index (χ0) is 13.1. The molecule has 1 unspecified atom stereocenters. The fourth-order valence-electron chi connectivity index (χ4n) is 2.38. The molecule has 2 N–H and O–H groups in total. The van der Waals surface area contributed by atoms with Gasteiger partial charge in [-0.05, 0) is 38.3 Å². The van der Waals surface area contributed by atoms with Crippen molar-refractivity contribution in [2.24, 2.45) is 11.8 Å². The van der Waals surface area contributed by atoms with Crippen LogP contribution in [0.2, 0.25) is 0 Å². The van der Waals surface area contributed by atoms with E-state index in [1.807, 2.05) is 6.92 Å². The van der Waals surface area contributed by atoms with E-state index in [0.29, 0.717) is 25.0 Å². The first-order chi connectivity index (χ1) is 8.58. The molecule has 1 aromatic rings. The summed E-state index contributed by atoms with van der Waals surface area (Å²) in [4.78, 5) is 22.8. The number of aliphatic carboxylic acids is 1. The quantitative estimate of drug-likeness (QED) is 0.857. The number of furan rings is 1. The monoisotopic (exact) mass is 251 g/mol. The Balaban J connectivity index is 1.87. The number of amides is 1. The zero-order valence-corrected chi connectivity index (χ0v) is 10.3. The maximum Gasteiger partial charge on any atom is 0.306 e. The van der Waals surface area contributed by atoms with Gasteiger partial charge in [-0.25, -0.2) is 0 Å². The second kappa shape index (κ2) is 5.25. The van der Waals surface area contributed by atoms with Crippen molar-refractivity contribution < 1.29 is 19.1 Å². The number of rotatable bonds is 4. The van der Waals surface area contributed by atoms with E-state index in [1.165, 1.54) is 0 Å². The molecule has 0 aromatic carbocycles. The number of carboxylic acids is 1. The minimum Gasteiger partial charge on any atom is -0.481 e. The van der Waals surface area contributed by atoms with Crippen LogP contribution in [-0.4, -0.2) is 17.0 Å². The summed E-state index contributed by atoms with van der Waals surface area (Å²) >= 11 is 0. The third kappa shape index (κ3) is 2.72. The zero-order valence-electron chi connectivity index (χ0n) is 10.3. The van der Waals surface area contributed by atoms with Crippen LogP contribution in [0, 0.1) is 11.8 Å². The SMILES string of the molecule is CC(NC(=O)[C@@H]1CC[C@H](C(=O)O)C1)c1ccco1. The van der Waals surface area contributed by atoms with Gasteiger partial charge in [-0.2, -0.15) is 0 Å². The highest BCUT2D eigenvalue weighted by atomic mass is 16.4. The Hall–Kier alpha value is -1.78. The fourth-order valence-corrected chi connectivity index (χ4v) is 2.38. The van der Waals surface area contributed by atoms with Gasteiger partial charge in [0.25, 0.3) is 0 Å². The van der Waals surface area contributed by atoms with E-state index in [4.69, 9.17) is 9.52 Å². The summed E-state index contributed by atoms with van der Waals surface area (Å²) in [6, 6.07) is 3.39. The lowest BCUT2D eigenvalue weighted by Crippen LogP contribution is -2.31. The Morgan fingerprint density at radius 1 is 1.44 bits per heavy atom. The van der Waals surface area contributed by atoms with Crippen LogP contribution in [0.5, 0.6) is 0 Å². The molecule has 1 amide bonds. The Labute approximate surface area is 105 Å².